The van der Waals surface area contributed by atoms with Crippen molar-refractivity contribution >= 4 is 21.8 Å². The van der Waals surface area contributed by atoms with E-state index in [0.29, 0.717) is 0 Å². The Morgan fingerprint density at radius 2 is 0.947 bits per heavy atom. The van der Waals surface area contributed by atoms with Gasteiger partial charge in [0.25, 0.3) is 0 Å². The third-order valence-corrected chi connectivity index (χ3v) is 16.8. The van der Waals surface area contributed by atoms with Crippen LogP contribution in [0.15, 0.2) is 63.0 Å². The van der Waals surface area contributed by atoms with Crippen LogP contribution in [0.2, 0.25) is 0 Å². The molecule has 3 aliphatic rings. The zero-order valence-corrected chi connectivity index (χ0v) is 15.5. The molecule has 0 unspecified atom stereocenters. The van der Waals surface area contributed by atoms with Crippen molar-refractivity contribution in [2.75, 3.05) is 0 Å². The second kappa shape index (κ2) is 5.37. The van der Waals surface area contributed by atoms with Crippen molar-refractivity contribution in [2.24, 2.45) is 0 Å². The molecule has 0 atom stereocenters. The fourth-order valence-corrected chi connectivity index (χ4v) is 15.2. The van der Waals surface area contributed by atoms with Gasteiger partial charge in [-0.2, -0.15) is 0 Å². The van der Waals surface area contributed by atoms with Crippen LogP contribution >= 0.6 is 0 Å². The van der Waals surface area contributed by atoms with Gasteiger partial charge in [0.1, 0.15) is 0 Å². The van der Waals surface area contributed by atoms with Gasteiger partial charge in [0.05, 0.1) is 0 Å². The van der Waals surface area contributed by atoms with Crippen LogP contribution in [0.1, 0.15) is 40.0 Å². The molecule has 0 aromatic rings. The van der Waals surface area contributed by atoms with Crippen molar-refractivity contribution in [1.29, 1.82) is 0 Å². The Morgan fingerprint density at radius 1 is 0.632 bits per heavy atom. The summed E-state index contributed by atoms with van der Waals surface area (Å²) in [5.41, 5.74) is 4.70. The van der Waals surface area contributed by atoms with Crippen LogP contribution < -0.4 is 0 Å². The maximum absolute atomic E-state index is 2.36. The molecule has 0 saturated carbocycles. The molecule has 0 heterocycles. The number of rotatable bonds is 3. The molecule has 0 aromatic carbocycles. The average Bonchev–Trinajstić information content (AvgIpc) is 3.07. The van der Waals surface area contributed by atoms with E-state index < -0.39 is 21.8 Å². The van der Waals surface area contributed by atoms with E-state index in [1.54, 1.807) is 16.7 Å². The fraction of sp³-hybridized carbons (Fsp3) is 0.333. The van der Waals surface area contributed by atoms with Crippen molar-refractivity contribution in [2.45, 2.75) is 40.0 Å². The predicted octanol–water partition coefficient (Wildman–Crippen LogP) is 4.93. The topological polar surface area (TPSA) is 0 Å². The van der Waals surface area contributed by atoms with Crippen molar-refractivity contribution in [3.05, 3.63) is 63.0 Å². The standard InChI is InChI=1S/3C6H7.Bi/c3*1-6-4-2-3-5-6;/h3*2,4H,3H2,1H3;. The van der Waals surface area contributed by atoms with Gasteiger partial charge in [-0.05, 0) is 0 Å². The summed E-state index contributed by atoms with van der Waals surface area (Å²) in [4.78, 5) is 0. The molecule has 0 radical (unpaired) electrons. The molecular weight excluding hydrogens is 425 g/mol. The van der Waals surface area contributed by atoms with Gasteiger partial charge in [-0.3, -0.25) is 0 Å². The Labute approximate surface area is 124 Å². The summed E-state index contributed by atoms with van der Waals surface area (Å²) in [6, 6.07) is 0. The second-order valence-electron chi connectivity index (χ2n) is 5.54. The van der Waals surface area contributed by atoms with Crippen LogP contribution in [0, 0.1) is 0 Å². The first-order valence-electron chi connectivity index (χ1n) is 7.07. The first kappa shape index (κ1) is 13.3. The van der Waals surface area contributed by atoms with Gasteiger partial charge in [-0.1, -0.05) is 0 Å². The first-order valence-corrected chi connectivity index (χ1v) is 12.3. The van der Waals surface area contributed by atoms with Gasteiger partial charge in [0.15, 0.2) is 0 Å². The van der Waals surface area contributed by atoms with Crippen LogP contribution in [-0.4, -0.2) is 21.8 Å². The molecule has 0 saturated heterocycles. The van der Waals surface area contributed by atoms with Gasteiger partial charge in [-0.15, -0.1) is 0 Å². The molecule has 0 N–H and O–H groups in total. The number of allylic oxidation sites excluding steroid dienone is 12. The van der Waals surface area contributed by atoms with Crippen LogP contribution in [0.4, 0.5) is 0 Å². The van der Waals surface area contributed by atoms with Crippen molar-refractivity contribution in [3.63, 3.8) is 0 Å². The molecule has 0 aliphatic heterocycles. The molecule has 98 valence electrons. The van der Waals surface area contributed by atoms with Crippen molar-refractivity contribution in [3.8, 4) is 0 Å². The molecule has 0 bridgehead atoms. The number of hydrogen-bond acceptors (Lipinski definition) is 0. The summed E-state index contributed by atoms with van der Waals surface area (Å²) in [5, 5.41) is 0. The summed E-state index contributed by atoms with van der Waals surface area (Å²) in [7, 11) is 0. The Bertz CT molecular complexity index is 506. The van der Waals surface area contributed by atoms with Crippen molar-refractivity contribution in [1.82, 2.24) is 0 Å². The normalized spacial score (nSPS) is 22.1. The van der Waals surface area contributed by atoms with E-state index in [-0.39, 0.29) is 0 Å². The van der Waals surface area contributed by atoms with Gasteiger partial charge in [0, 0.05) is 0 Å². The third kappa shape index (κ3) is 2.38. The van der Waals surface area contributed by atoms with E-state index in [0.717, 1.165) is 0 Å². The zero-order chi connectivity index (χ0) is 13.4. The van der Waals surface area contributed by atoms with E-state index in [4.69, 9.17) is 0 Å². The summed E-state index contributed by atoms with van der Waals surface area (Å²) in [6.07, 6.45) is 17.8. The molecule has 0 nitrogen and oxygen atoms in total. The van der Waals surface area contributed by atoms with Gasteiger partial charge in [0.2, 0.25) is 0 Å². The number of hydrogen-bond donors (Lipinski definition) is 0. The minimum atomic E-state index is -1.89. The Hall–Kier alpha value is -0.677. The fourth-order valence-electron chi connectivity index (χ4n) is 3.11. The molecule has 0 aromatic heterocycles. The van der Waals surface area contributed by atoms with Crippen LogP contribution in [0.5, 0.6) is 0 Å². The molecule has 3 rings (SSSR count). The Balaban J connectivity index is 2.06. The SMILES string of the molecule is CC1=[C]([Bi]([C]2=C(C)C=CC2)[C]2=C(C)C=CC2)CC=C1. The van der Waals surface area contributed by atoms with E-state index in [9.17, 15) is 0 Å². The van der Waals surface area contributed by atoms with Crippen LogP contribution in [-0.2, 0) is 0 Å². The molecule has 0 amide bonds. The predicted molar refractivity (Wildman–Crippen MR) is 85.1 cm³/mol. The van der Waals surface area contributed by atoms with Gasteiger partial charge >= 0.3 is 125 Å². The second-order valence-corrected chi connectivity index (χ2v) is 14.4. The van der Waals surface area contributed by atoms with Crippen LogP contribution in [0.3, 0.4) is 0 Å². The molecule has 0 spiro atoms. The monoisotopic (exact) mass is 446 g/mol. The average molecular weight is 446 g/mol. The summed E-state index contributed by atoms with van der Waals surface area (Å²) < 4.78 is 5.48. The molecular formula is C18H21Bi. The molecule has 3 aliphatic carbocycles. The molecule has 1 heteroatoms. The van der Waals surface area contributed by atoms with Gasteiger partial charge < -0.3 is 0 Å². The zero-order valence-electron chi connectivity index (χ0n) is 12.0. The molecule has 0 fully saturated rings. The summed E-state index contributed by atoms with van der Waals surface area (Å²) >= 11 is -1.89. The first-order chi connectivity index (χ1) is 9.18. The summed E-state index contributed by atoms with van der Waals surface area (Å²) in [5.74, 6) is 0. The van der Waals surface area contributed by atoms with E-state index >= 15 is 0 Å². The van der Waals surface area contributed by atoms with E-state index in [1.165, 1.54) is 19.3 Å². The van der Waals surface area contributed by atoms with Crippen molar-refractivity contribution < 1.29 is 0 Å². The third-order valence-electron chi connectivity index (χ3n) is 4.21. The minimum absolute atomic E-state index is 1.22. The maximum atomic E-state index is 2.36. The van der Waals surface area contributed by atoms with E-state index in [1.807, 2.05) is 9.84 Å². The van der Waals surface area contributed by atoms with E-state index in [2.05, 4.69) is 57.2 Å². The quantitative estimate of drug-likeness (QED) is 0.540. The molecule has 19 heavy (non-hydrogen) atoms. The Morgan fingerprint density at radius 3 is 1.16 bits per heavy atom. The van der Waals surface area contributed by atoms with Gasteiger partial charge in [-0.25, -0.2) is 0 Å². The van der Waals surface area contributed by atoms with Crippen LogP contribution in [0.25, 0.3) is 0 Å². The summed E-state index contributed by atoms with van der Waals surface area (Å²) in [6.45, 7) is 6.95. The Kier molecular flexibility index (Phi) is 3.76.